The van der Waals surface area contributed by atoms with Crippen LogP contribution < -0.4 is 10.9 Å². The van der Waals surface area contributed by atoms with Gasteiger partial charge in [0.2, 0.25) is 0 Å². The van der Waals surface area contributed by atoms with Gasteiger partial charge < -0.3 is 5.32 Å². The minimum atomic E-state index is -4.01. The lowest BCUT2D eigenvalue weighted by Crippen LogP contribution is -2.30. The van der Waals surface area contributed by atoms with E-state index in [0.717, 1.165) is 4.31 Å². The maximum absolute atomic E-state index is 13.0. The van der Waals surface area contributed by atoms with E-state index in [-0.39, 0.29) is 28.3 Å². The predicted octanol–water partition coefficient (Wildman–Crippen LogP) is 2.29. The van der Waals surface area contributed by atoms with Crippen LogP contribution in [0.1, 0.15) is 39.8 Å². The highest BCUT2D eigenvalue weighted by molar-refractivity contribution is 7.90. The number of aromatic nitrogens is 2. The summed E-state index contributed by atoms with van der Waals surface area (Å²) in [5.74, 6) is -1.24. The Hall–Kier alpha value is -3.66. The third-order valence-corrected chi connectivity index (χ3v) is 7.31. The highest BCUT2D eigenvalue weighted by Crippen LogP contribution is 2.31. The fourth-order valence-corrected chi connectivity index (χ4v) is 5.42. The number of carbonyl (C=O) groups is 2. The highest BCUT2D eigenvalue weighted by Gasteiger charge is 2.41. The van der Waals surface area contributed by atoms with Crippen molar-refractivity contribution in [2.45, 2.75) is 25.2 Å². The van der Waals surface area contributed by atoms with Gasteiger partial charge in [0.25, 0.3) is 27.4 Å². The predicted molar refractivity (Wildman–Crippen MR) is 119 cm³/mol. The molecule has 32 heavy (non-hydrogen) atoms. The maximum Gasteiger partial charge on any atom is 0.295 e. The van der Waals surface area contributed by atoms with Crippen LogP contribution in [0.15, 0.2) is 58.2 Å². The van der Waals surface area contributed by atoms with Gasteiger partial charge in [-0.1, -0.05) is 25.1 Å². The lowest BCUT2D eigenvalue weighted by molar-refractivity contribution is 0.0870. The quantitative estimate of drug-likeness (QED) is 0.636. The molecule has 166 valence electrons. The maximum atomic E-state index is 13.0. The number of carbonyl (C=O) groups excluding carboxylic acids is 2. The molecule has 0 saturated carbocycles. The summed E-state index contributed by atoms with van der Waals surface area (Å²) in [5.41, 5.74) is 0.924. The van der Waals surface area contributed by atoms with Gasteiger partial charge >= 0.3 is 0 Å². The van der Waals surface area contributed by atoms with Crippen molar-refractivity contribution in [3.63, 3.8) is 0 Å². The molecule has 3 aromatic rings. The number of amides is 2. The summed E-state index contributed by atoms with van der Waals surface area (Å²) < 4.78 is 29.4. The molecule has 0 unspecified atom stereocenters. The van der Waals surface area contributed by atoms with Crippen LogP contribution >= 0.6 is 0 Å². The molecule has 10 heteroatoms. The van der Waals surface area contributed by atoms with Crippen molar-refractivity contribution < 1.29 is 18.0 Å². The number of nitrogens with zero attached hydrogens (tertiary/aromatic N) is 3. The van der Waals surface area contributed by atoms with E-state index in [1.165, 1.54) is 22.9 Å². The van der Waals surface area contributed by atoms with Crippen molar-refractivity contribution in [3.8, 4) is 5.69 Å². The average Bonchev–Trinajstić information content (AvgIpc) is 3.11. The average molecular weight is 455 g/mol. The molecule has 1 N–H and O–H groups in total. The molecule has 0 saturated heterocycles. The Morgan fingerprint density at radius 3 is 2.41 bits per heavy atom. The summed E-state index contributed by atoms with van der Waals surface area (Å²) in [6.07, 6.45) is 0.479. The first-order valence-corrected chi connectivity index (χ1v) is 11.5. The van der Waals surface area contributed by atoms with Crippen LogP contribution in [-0.4, -0.2) is 40.4 Å². The Balaban J connectivity index is 1.70. The Labute approximate surface area is 184 Å². The molecule has 0 atom stereocenters. The molecular weight excluding hydrogens is 432 g/mol. The van der Waals surface area contributed by atoms with Crippen molar-refractivity contribution in [1.29, 1.82) is 0 Å². The van der Waals surface area contributed by atoms with Crippen LogP contribution in [0.4, 0.5) is 5.69 Å². The lowest BCUT2D eigenvalue weighted by Gasteiger charge is -2.13. The Bertz CT molecular complexity index is 1400. The molecule has 2 amide bonds. The fourth-order valence-electron chi connectivity index (χ4n) is 3.74. The second-order valence-corrected chi connectivity index (χ2v) is 9.31. The summed E-state index contributed by atoms with van der Waals surface area (Å²) in [5, 5.41) is 2.61. The van der Waals surface area contributed by atoms with E-state index in [1.54, 1.807) is 49.8 Å². The van der Waals surface area contributed by atoms with Crippen molar-refractivity contribution in [1.82, 2.24) is 13.7 Å². The number of anilines is 1. The molecule has 0 fully saturated rings. The largest absolute Gasteiger partial charge is 0.316 e. The monoisotopic (exact) mass is 454 g/mol. The molecule has 0 aliphatic carbocycles. The van der Waals surface area contributed by atoms with Crippen LogP contribution in [0.3, 0.4) is 0 Å². The zero-order valence-electron chi connectivity index (χ0n) is 17.8. The topological polar surface area (TPSA) is 110 Å². The van der Waals surface area contributed by atoms with E-state index in [4.69, 9.17) is 0 Å². The minimum absolute atomic E-state index is 0.0346. The first-order valence-electron chi connectivity index (χ1n) is 10.0. The number of hydrogen-bond acceptors (Lipinski definition) is 5. The number of sulfonamides is 1. The highest BCUT2D eigenvalue weighted by atomic mass is 32.2. The van der Waals surface area contributed by atoms with Crippen LogP contribution in [0, 0.1) is 6.92 Å². The fraction of sp³-hybridized carbons (Fsp3) is 0.227. The first-order chi connectivity index (χ1) is 15.2. The van der Waals surface area contributed by atoms with Crippen molar-refractivity contribution >= 4 is 27.5 Å². The van der Waals surface area contributed by atoms with Crippen LogP contribution in [0.25, 0.3) is 5.69 Å². The second kappa shape index (κ2) is 7.79. The number of para-hydroxylation sites is 1. The summed E-state index contributed by atoms with van der Waals surface area (Å²) in [7, 11) is -2.30. The van der Waals surface area contributed by atoms with Gasteiger partial charge in [0.1, 0.15) is 10.6 Å². The second-order valence-electron chi connectivity index (χ2n) is 7.48. The van der Waals surface area contributed by atoms with E-state index in [2.05, 4.69) is 5.32 Å². The molecule has 2 aromatic carbocycles. The van der Waals surface area contributed by atoms with E-state index in [9.17, 15) is 22.8 Å². The van der Waals surface area contributed by atoms with E-state index in [0.29, 0.717) is 17.8 Å². The smallest absolute Gasteiger partial charge is 0.295 e. The Morgan fingerprint density at radius 1 is 1.06 bits per heavy atom. The van der Waals surface area contributed by atoms with E-state index in [1.807, 2.05) is 6.07 Å². The summed E-state index contributed by atoms with van der Waals surface area (Å²) in [4.78, 5) is 38.2. The summed E-state index contributed by atoms with van der Waals surface area (Å²) >= 11 is 0. The number of nitrogens with one attached hydrogen (secondary N) is 1. The van der Waals surface area contributed by atoms with Crippen LogP contribution in [-0.2, 0) is 17.1 Å². The summed E-state index contributed by atoms with van der Waals surface area (Å²) in [6.45, 7) is 3.54. The Morgan fingerprint density at radius 2 is 1.75 bits per heavy atom. The number of fused-ring (bicyclic) bond motifs is 1. The molecule has 0 bridgehead atoms. The van der Waals surface area contributed by atoms with Crippen molar-refractivity contribution in [3.05, 3.63) is 75.7 Å². The van der Waals surface area contributed by atoms with Crippen molar-refractivity contribution in [2.75, 3.05) is 11.9 Å². The standard InChI is InChI=1S/C22H22N4O5S/c1-4-12-25-21(28)17-11-10-15(13-18(17)32(25,30)31)20(27)23-19-14(2)24(3)26(22(19)29)16-8-6-5-7-9-16/h5-11,13H,4,12H2,1-3H3,(H,23,27). The van der Waals surface area contributed by atoms with Gasteiger partial charge in [0, 0.05) is 19.2 Å². The summed E-state index contributed by atoms with van der Waals surface area (Å²) in [6, 6.07) is 12.9. The lowest BCUT2D eigenvalue weighted by atomic mass is 10.1. The molecule has 0 spiro atoms. The van der Waals surface area contributed by atoms with Gasteiger partial charge in [-0.3, -0.25) is 19.1 Å². The van der Waals surface area contributed by atoms with Gasteiger partial charge in [-0.2, -0.15) is 0 Å². The number of benzene rings is 2. The van der Waals surface area contributed by atoms with Gasteiger partial charge in [-0.25, -0.2) is 17.4 Å². The van der Waals surface area contributed by atoms with Gasteiger partial charge in [-0.15, -0.1) is 0 Å². The Kier molecular flexibility index (Phi) is 5.25. The molecule has 1 aromatic heterocycles. The van der Waals surface area contributed by atoms with Crippen LogP contribution in [0.2, 0.25) is 0 Å². The molecule has 1 aliphatic heterocycles. The zero-order chi connectivity index (χ0) is 23.2. The third-order valence-electron chi connectivity index (χ3n) is 5.49. The van der Waals surface area contributed by atoms with E-state index < -0.39 is 27.4 Å². The SMILES string of the molecule is CCCN1C(=O)c2ccc(C(=O)Nc3c(C)n(C)n(-c4ccccc4)c3=O)cc2S1(=O)=O. The minimum Gasteiger partial charge on any atom is -0.316 e. The molecule has 0 radical (unpaired) electrons. The van der Waals surface area contributed by atoms with E-state index >= 15 is 0 Å². The van der Waals surface area contributed by atoms with Gasteiger partial charge in [0.15, 0.2) is 0 Å². The number of hydrogen-bond donors (Lipinski definition) is 1. The third kappa shape index (κ3) is 3.23. The molecular formula is C22H22N4O5S. The molecule has 4 rings (SSSR count). The van der Waals surface area contributed by atoms with Crippen molar-refractivity contribution in [2.24, 2.45) is 7.05 Å². The van der Waals surface area contributed by atoms with Gasteiger partial charge in [-0.05, 0) is 43.7 Å². The zero-order valence-corrected chi connectivity index (χ0v) is 18.6. The molecule has 1 aliphatic rings. The first kappa shape index (κ1) is 21.6. The normalized spacial score (nSPS) is 14.5. The van der Waals surface area contributed by atoms with Crippen LogP contribution in [0.5, 0.6) is 0 Å². The molecule has 2 heterocycles. The molecule has 9 nitrogen and oxygen atoms in total. The number of rotatable bonds is 5. The van der Waals surface area contributed by atoms with Gasteiger partial charge in [0.05, 0.1) is 16.9 Å².